The number of carbonyl (C=O) groups excluding carboxylic acids is 1. The van der Waals surface area contributed by atoms with Gasteiger partial charge in [-0.25, -0.2) is 0 Å². The first kappa shape index (κ1) is 16.0. The molecular formula is C12H16N2O6. The van der Waals surface area contributed by atoms with Gasteiger partial charge in [-0.2, -0.15) is 0 Å². The van der Waals surface area contributed by atoms with Crippen LogP contribution < -0.4 is 5.32 Å². The number of hydrogen-bond donors (Lipinski definition) is 4. The van der Waals surface area contributed by atoms with Crippen molar-refractivity contribution in [2.45, 2.75) is 12.5 Å². The van der Waals surface area contributed by atoms with Crippen LogP contribution in [0.1, 0.15) is 15.9 Å². The zero-order valence-electron chi connectivity index (χ0n) is 10.9. The maximum Gasteiger partial charge on any atom is 0.282 e. The summed E-state index contributed by atoms with van der Waals surface area (Å²) < 4.78 is 0. The molecule has 1 amide bonds. The van der Waals surface area contributed by atoms with Crippen molar-refractivity contribution in [3.8, 4) is 0 Å². The number of aliphatic hydroxyl groups excluding tert-OH is 3. The molecule has 8 heteroatoms. The minimum Gasteiger partial charge on any atom is -0.394 e. The van der Waals surface area contributed by atoms with Gasteiger partial charge in [-0.1, -0.05) is 12.1 Å². The van der Waals surface area contributed by atoms with E-state index >= 15 is 0 Å². The molecule has 0 unspecified atom stereocenters. The lowest BCUT2D eigenvalue weighted by molar-refractivity contribution is -0.385. The summed E-state index contributed by atoms with van der Waals surface area (Å²) in [4.78, 5) is 22.4. The molecule has 110 valence electrons. The Morgan fingerprint density at radius 2 is 1.85 bits per heavy atom. The first-order valence-corrected chi connectivity index (χ1v) is 5.80. The van der Waals surface area contributed by atoms with Gasteiger partial charge < -0.3 is 20.6 Å². The summed E-state index contributed by atoms with van der Waals surface area (Å²) in [5, 5.41) is 40.6. The number of amides is 1. The van der Waals surface area contributed by atoms with E-state index < -0.39 is 36.2 Å². The molecule has 0 heterocycles. The third kappa shape index (κ3) is 3.10. The molecule has 0 spiro atoms. The number of nitrogens with one attached hydrogen (secondary N) is 1. The second-order valence-corrected chi connectivity index (χ2v) is 4.43. The summed E-state index contributed by atoms with van der Waals surface area (Å²) in [5.41, 5.74) is -1.81. The summed E-state index contributed by atoms with van der Waals surface area (Å²) in [7, 11) is 0. The molecular weight excluding hydrogens is 268 g/mol. The van der Waals surface area contributed by atoms with Crippen molar-refractivity contribution in [3.05, 3.63) is 39.4 Å². The molecule has 0 aliphatic carbocycles. The van der Waals surface area contributed by atoms with E-state index in [9.17, 15) is 14.9 Å². The molecule has 4 N–H and O–H groups in total. The molecule has 0 atom stereocenters. The maximum absolute atomic E-state index is 12.1. The third-order valence-electron chi connectivity index (χ3n) is 2.96. The highest BCUT2D eigenvalue weighted by molar-refractivity contribution is 6.00. The van der Waals surface area contributed by atoms with Crippen LogP contribution in [0.2, 0.25) is 0 Å². The Hall–Kier alpha value is -2.03. The number of nitro benzene ring substituents is 1. The van der Waals surface area contributed by atoms with Crippen molar-refractivity contribution in [3.63, 3.8) is 0 Å². The van der Waals surface area contributed by atoms with Gasteiger partial charge in [0.25, 0.3) is 11.6 Å². The average Bonchev–Trinajstić information content (AvgIpc) is 2.44. The van der Waals surface area contributed by atoms with Crippen LogP contribution in [0.4, 0.5) is 5.69 Å². The molecule has 0 radical (unpaired) electrons. The van der Waals surface area contributed by atoms with Gasteiger partial charge in [0.05, 0.1) is 24.7 Å². The molecule has 0 saturated carbocycles. The lowest BCUT2D eigenvalue weighted by Crippen LogP contribution is -2.57. The van der Waals surface area contributed by atoms with Crippen LogP contribution in [0.3, 0.4) is 0 Å². The lowest BCUT2D eigenvalue weighted by Gasteiger charge is -2.28. The van der Waals surface area contributed by atoms with Crippen LogP contribution in [0, 0.1) is 17.0 Å². The van der Waals surface area contributed by atoms with Crippen LogP contribution in [-0.4, -0.2) is 51.5 Å². The Bertz CT molecular complexity index is 504. The topological polar surface area (TPSA) is 133 Å². The fourth-order valence-electron chi connectivity index (χ4n) is 1.67. The maximum atomic E-state index is 12.1. The van der Waals surface area contributed by atoms with E-state index in [1.54, 1.807) is 0 Å². The van der Waals surface area contributed by atoms with Gasteiger partial charge in [0.15, 0.2) is 0 Å². The molecule has 1 aromatic rings. The largest absolute Gasteiger partial charge is 0.394 e. The zero-order chi connectivity index (χ0) is 15.3. The quantitative estimate of drug-likeness (QED) is 0.405. The molecule has 8 nitrogen and oxygen atoms in total. The van der Waals surface area contributed by atoms with Crippen molar-refractivity contribution in [2.75, 3.05) is 19.8 Å². The molecule has 1 aromatic carbocycles. The summed E-state index contributed by atoms with van der Waals surface area (Å²) in [5.74, 6) is -0.841. The average molecular weight is 284 g/mol. The van der Waals surface area contributed by atoms with Crippen LogP contribution >= 0.6 is 0 Å². The monoisotopic (exact) mass is 284 g/mol. The van der Waals surface area contributed by atoms with E-state index in [1.807, 2.05) is 0 Å². The fraction of sp³-hybridized carbons (Fsp3) is 0.417. The van der Waals surface area contributed by atoms with Crippen LogP contribution in [0.25, 0.3) is 0 Å². The van der Waals surface area contributed by atoms with Gasteiger partial charge >= 0.3 is 0 Å². The smallest absolute Gasteiger partial charge is 0.282 e. The normalized spacial score (nSPS) is 11.2. The Morgan fingerprint density at radius 1 is 1.30 bits per heavy atom. The molecule has 0 aliphatic rings. The number of aryl methyl sites for hydroxylation is 1. The predicted molar refractivity (Wildman–Crippen MR) is 69.3 cm³/mol. The predicted octanol–water partition coefficient (Wildman–Crippen LogP) is -0.651. The highest BCUT2D eigenvalue weighted by Gasteiger charge is 2.33. The Kier molecular flexibility index (Phi) is 5.14. The summed E-state index contributed by atoms with van der Waals surface area (Å²) in [6.07, 6.45) is 0. The van der Waals surface area contributed by atoms with E-state index in [1.165, 1.54) is 25.1 Å². The van der Waals surface area contributed by atoms with Crippen molar-refractivity contribution in [1.82, 2.24) is 5.32 Å². The van der Waals surface area contributed by atoms with Crippen molar-refractivity contribution in [2.24, 2.45) is 0 Å². The van der Waals surface area contributed by atoms with Crippen LogP contribution in [-0.2, 0) is 0 Å². The van der Waals surface area contributed by atoms with Gasteiger partial charge in [-0.3, -0.25) is 14.9 Å². The van der Waals surface area contributed by atoms with Gasteiger partial charge in [0.2, 0.25) is 0 Å². The van der Waals surface area contributed by atoms with Crippen LogP contribution in [0.15, 0.2) is 18.2 Å². The molecule has 0 fully saturated rings. The highest BCUT2D eigenvalue weighted by atomic mass is 16.6. The Balaban J connectivity index is 3.19. The number of hydrogen-bond acceptors (Lipinski definition) is 6. The van der Waals surface area contributed by atoms with Gasteiger partial charge in [-0.15, -0.1) is 0 Å². The van der Waals surface area contributed by atoms with Crippen molar-refractivity contribution in [1.29, 1.82) is 0 Å². The summed E-state index contributed by atoms with van der Waals surface area (Å²) in [6.45, 7) is -0.581. The van der Waals surface area contributed by atoms with Gasteiger partial charge in [-0.05, 0) is 12.5 Å². The minimum atomic E-state index is -1.63. The molecule has 20 heavy (non-hydrogen) atoms. The number of carbonyl (C=O) groups is 1. The second kappa shape index (κ2) is 6.42. The zero-order valence-corrected chi connectivity index (χ0v) is 10.9. The van der Waals surface area contributed by atoms with Crippen LogP contribution in [0.5, 0.6) is 0 Å². The third-order valence-corrected chi connectivity index (χ3v) is 2.96. The molecule has 0 aromatic heterocycles. The van der Waals surface area contributed by atoms with E-state index in [-0.39, 0.29) is 11.3 Å². The standard InChI is InChI=1S/C12H16N2O6/c1-8-3-2-4-9(14(19)20)10(8)11(18)13-12(5-15,6-16)7-17/h2-4,15-17H,5-7H2,1H3,(H,13,18). The SMILES string of the molecule is Cc1cccc([N+](=O)[O-])c1C(=O)NC(CO)(CO)CO. The highest BCUT2D eigenvalue weighted by Crippen LogP contribution is 2.22. The molecule has 0 bridgehead atoms. The molecule has 1 rings (SSSR count). The Labute approximate surface area is 114 Å². The number of nitro groups is 1. The number of rotatable bonds is 6. The van der Waals surface area contributed by atoms with Crippen molar-refractivity contribution < 1.29 is 25.0 Å². The van der Waals surface area contributed by atoms with Crippen molar-refractivity contribution >= 4 is 11.6 Å². The first-order valence-electron chi connectivity index (χ1n) is 5.80. The number of nitrogens with zero attached hydrogens (tertiary/aromatic N) is 1. The first-order chi connectivity index (χ1) is 9.40. The summed E-state index contributed by atoms with van der Waals surface area (Å²) >= 11 is 0. The minimum absolute atomic E-state index is 0.169. The number of aliphatic hydroxyl groups is 3. The summed E-state index contributed by atoms with van der Waals surface area (Å²) in [6, 6.07) is 4.16. The lowest BCUT2D eigenvalue weighted by atomic mass is 10.0. The van der Waals surface area contributed by atoms with E-state index in [4.69, 9.17) is 15.3 Å². The molecule has 0 saturated heterocycles. The van der Waals surface area contributed by atoms with Gasteiger partial charge in [0.1, 0.15) is 11.1 Å². The number of benzene rings is 1. The van der Waals surface area contributed by atoms with E-state index in [0.717, 1.165) is 0 Å². The Morgan fingerprint density at radius 3 is 2.30 bits per heavy atom. The van der Waals surface area contributed by atoms with E-state index in [2.05, 4.69) is 5.32 Å². The van der Waals surface area contributed by atoms with E-state index in [0.29, 0.717) is 5.56 Å². The molecule has 0 aliphatic heterocycles. The fourth-order valence-corrected chi connectivity index (χ4v) is 1.67. The van der Waals surface area contributed by atoms with Gasteiger partial charge in [0, 0.05) is 6.07 Å². The second-order valence-electron chi connectivity index (χ2n) is 4.43.